The number of amides is 1. The zero-order chi connectivity index (χ0) is 25.0. The van der Waals surface area contributed by atoms with E-state index in [1.165, 1.54) is 0 Å². The van der Waals surface area contributed by atoms with Gasteiger partial charge < -0.3 is 14.4 Å². The van der Waals surface area contributed by atoms with E-state index in [2.05, 4.69) is 20.6 Å². The second-order valence-electron chi connectivity index (χ2n) is 9.21. The zero-order valence-electron chi connectivity index (χ0n) is 20.2. The van der Waals surface area contributed by atoms with Gasteiger partial charge in [0.15, 0.2) is 0 Å². The molecule has 1 radical (unpaired) electrons. The van der Waals surface area contributed by atoms with E-state index in [1.54, 1.807) is 24.2 Å². The third kappa shape index (κ3) is 5.50. The summed E-state index contributed by atoms with van der Waals surface area (Å²) in [5.41, 5.74) is 0.620. The summed E-state index contributed by atoms with van der Waals surface area (Å²) in [7, 11) is 1.58. The lowest BCUT2D eigenvalue weighted by atomic mass is 10.1. The number of hydroxylamine groups is 2. The number of nitrogens with zero attached hydrogens (tertiary/aromatic N) is 5. The molecular formula is C25H29N6O4. The first kappa shape index (κ1) is 24.4. The third-order valence-corrected chi connectivity index (χ3v) is 5.71. The molecule has 4 rings (SSSR count). The fourth-order valence-corrected chi connectivity index (χ4v) is 3.95. The van der Waals surface area contributed by atoms with Gasteiger partial charge >= 0.3 is 0 Å². The van der Waals surface area contributed by atoms with Crippen LogP contribution in [0.15, 0.2) is 60.4 Å². The Hall–Kier alpha value is -3.76. The number of benzene rings is 2. The molecule has 2 aromatic carbocycles. The summed E-state index contributed by atoms with van der Waals surface area (Å²) in [6.07, 6.45) is 1.48. The molecule has 2 atom stereocenters. The summed E-state index contributed by atoms with van der Waals surface area (Å²) in [6.45, 7) is 5.47. The van der Waals surface area contributed by atoms with E-state index >= 15 is 0 Å². The van der Waals surface area contributed by atoms with Crippen LogP contribution in [0.2, 0.25) is 0 Å². The summed E-state index contributed by atoms with van der Waals surface area (Å²) in [5, 5.41) is 28.5. The maximum Gasteiger partial charge on any atom is 0.227 e. The lowest BCUT2D eigenvalue weighted by molar-refractivity contribution is -0.295. The van der Waals surface area contributed by atoms with E-state index in [-0.39, 0.29) is 11.7 Å². The minimum absolute atomic E-state index is 0.0584. The molecule has 1 aromatic heterocycles. The van der Waals surface area contributed by atoms with Crippen LogP contribution in [0.25, 0.3) is 6.08 Å². The number of anilines is 1. The second-order valence-corrected chi connectivity index (χ2v) is 9.21. The number of aromatic nitrogens is 4. The van der Waals surface area contributed by atoms with Gasteiger partial charge in [-0.05, 0) is 44.5 Å². The van der Waals surface area contributed by atoms with E-state index in [0.29, 0.717) is 35.6 Å². The molecule has 0 saturated carbocycles. The van der Waals surface area contributed by atoms with Gasteiger partial charge in [0.2, 0.25) is 18.0 Å². The van der Waals surface area contributed by atoms with Crippen LogP contribution >= 0.6 is 0 Å². The van der Waals surface area contributed by atoms with Gasteiger partial charge in [-0.25, -0.2) is 0 Å². The minimum atomic E-state index is -0.961. The molecule has 1 aliphatic rings. The summed E-state index contributed by atoms with van der Waals surface area (Å²) in [6, 6.07) is 16.1. The van der Waals surface area contributed by atoms with Crippen molar-refractivity contribution < 1.29 is 19.5 Å². The molecule has 1 N–H and O–H groups in total. The van der Waals surface area contributed by atoms with Gasteiger partial charge in [-0.1, -0.05) is 36.4 Å². The summed E-state index contributed by atoms with van der Waals surface area (Å²) < 4.78 is 11.8. The lowest BCUT2D eigenvalue weighted by Crippen LogP contribution is -2.43. The molecule has 0 aliphatic carbocycles. The van der Waals surface area contributed by atoms with Crippen molar-refractivity contribution in [1.82, 2.24) is 25.7 Å². The number of carbonyl (C=O) groups is 1. The van der Waals surface area contributed by atoms with Gasteiger partial charge in [-0.15, -0.1) is 20.5 Å². The van der Waals surface area contributed by atoms with Crippen LogP contribution in [0.1, 0.15) is 51.2 Å². The molecule has 0 bridgehead atoms. The van der Waals surface area contributed by atoms with Crippen LogP contribution in [0.5, 0.6) is 5.75 Å². The van der Waals surface area contributed by atoms with E-state index in [9.17, 15) is 10.0 Å². The number of hydrogen-bond donors (Lipinski definition) is 1. The van der Waals surface area contributed by atoms with Crippen molar-refractivity contribution in [2.45, 2.75) is 51.4 Å². The minimum Gasteiger partial charge on any atom is -0.497 e. The van der Waals surface area contributed by atoms with Crippen molar-refractivity contribution in [3.8, 4) is 5.75 Å². The highest BCUT2D eigenvalue weighted by atomic mass is 16.6. The van der Waals surface area contributed by atoms with Gasteiger partial charge in [0.25, 0.3) is 0 Å². The number of ether oxygens (including phenoxy) is 2. The van der Waals surface area contributed by atoms with Crippen LogP contribution in [0.3, 0.4) is 0 Å². The van der Waals surface area contributed by atoms with E-state index in [1.807, 2.05) is 69.3 Å². The summed E-state index contributed by atoms with van der Waals surface area (Å²) in [5.74, 6) is 1.24. The molecule has 1 amide bonds. The molecule has 1 saturated heterocycles. The summed E-state index contributed by atoms with van der Waals surface area (Å²) in [4.78, 5) is 14.7. The van der Waals surface area contributed by atoms with Crippen molar-refractivity contribution in [3.63, 3.8) is 0 Å². The lowest BCUT2D eigenvalue weighted by Gasteiger charge is -2.36. The average Bonchev–Trinajstić information content (AvgIpc) is 3.50. The molecule has 1 aliphatic heterocycles. The van der Waals surface area contributed by atoms with E-state index in [4.69, 9.17) is 9.47 Å². The van der Waals surface area contributed by atoms with Crippen LogP contribution in [0, 0.1) is 0 Å². The number of rotatable bonds is 8. The first-order valence-electron chi connectivity index (χ1n) is 11.4. The van der Waals surface area contributed by atoms with E-state index < -0.39 is 17.8 Å². The Morgan fingerprint density at radius 3 is 2.63 bits per heavy atom. The highest BCUT2D eigenvalue weighted by molar-refractivity contribution is 5.97. The van der Waals surface area contributed by atoms with Crippen molar-refractivity contribution in [1.29, 1.82) is 0 Å². The average molecular weight is 478 g/mol. The molecule has 10 heteroatoms. The monoisotopic (exact) mass is 477 g/mol. The number of nitrogens with one attached hydrogen (secondary N) is 1. The molecule has 183 valence electrons. The van der Waals surface area contributed by atoms with Crippen molar-refractivity contribution in [3.05, 3.63) is 71.7 Å². The molecule has 0 spiro atoms. The van der Waals surface area contributed by atoms with Crippen LogP contribution in [-0.2, 0) is 14.7 Å². The number of carbonyl (C=O) groups excluding carboxylic acids is 1. The third-order valence-electron chi connectivity index (χ3n) is 5.71. The van der Waals surface area contributed by atoms with E-state index in [0.717, 1.165) is 5.06 Å². The number of hydrogen-bond acceptors (Lipinski definition) is 7. The fourth-order valence-electron chi connectivity index (χ4n) is 3.95. The van der Waals surface area contributed by atoms with Crippen LogP contribution in [-0.4, -0.2) is 50.3 Å². The highest BCUT2D eigenvalue weighted by Gasteiger charge is 2.39. The second kappa shape index (κ2) is 10.2. The molecule has 1 fully saturated rings. The predicted molar refractivity (Wildman–Crippen MR) is 128 cm³/mol. The SMILES string of the molecule is COc1cccc(N2C(=O)CCC2/C(=C\c2nn[nH]n2)OC(c2ccccc2)N([O])C(C)(C)C)c1. The first-order chi connectivity index (χ1) is 16.8. The first-order valence-corrected chi connectivity index (χ1v) is 11.4. The maximum atomic E-state index is 13.4. The molecule has 10 nitrogen and oxygen atoms in total. The highest BCUT2D eigenvalue weighted by Crippen LogP contribution is 2.37. The van der Waals surface area contributed by atoms with Gasteiger partial charge in [0.1, 0.15) is 11.5 Å². The molecule has 2 unspecified atom stereocenters. The van der Waals surface area contributed by atoms with Crippen molar-refractivity contribution in [2.75, 3.05) is 12.0 Å². The molecule has 3 aromatic rings. The van der Waals surface area contributed by atoms with Crippen molar-refractivity contribution in [2.24, 2.45) is 0 Å². The fraction of sp³-hybridized carbons (Fsp3) is 0.360. The van der Waals surface area contributed by atoms with Gasteiger partial charge in [0.05, 0.1) is 13.2 Å². The normalized spacial score (nSPS) is 17.7. The number of tetrazole rings is 1. The van der Waals surface area contributed by atoms with Crippen molar-refractivity contribution >= 4 is 17.7 Å². The summed E-state index contributed by atoms with van der Waals surface area (Å²) >= 11 is 0. The Morgan fingerprint density at radius 1 is 1.20 bits per heavy atom. The molecular weight excluding hydrogens is 448 g/mol. The smallest absolute Gasteiger partial charge is 0.227 e. The Labute approximate surface area is 204 Å². The molecule has 35 heavy (non-hydrogen) atoms. The van der Waals surface area contributed by atoms with Gasteiger partial charge in [-0.2, -0.15) is 5.21 Å². The molecule has 2 heterocycles. The largest absolute Gasteiger partial charge is 0.497 e. The standard InChI is InChI=1S/C25H29N6O4/c1-25(2,3)31(33)24(17-9-6-5-7-10-17)35-21(16-22-26-28-29-27-22)20-13-14-23(32)30(20)18-11-8-12-19(15-18)34-4/h5-12,15-16,20,24H,13-14H2,1-4H3,(H,26,27,28,29)/b21-16+. The number of H-pyrrole nitrogens is 1. The Morgan fingerprint density at radius 2 is 1.97 bits per heavy atom. The Bertz CT molecular complexity index is 1160. The zero-order valence-corrected chi connectivity index (χ0v) is 20.2. The number of aromatic amines is 1. The number of methoxy groups -OCH3 is 1. The van der Waals surface area contributed by atoms with Gasteiger partial charge in [0, 0.05) is 35.4 Å². The Kier molecular flexibility index (Phi) is 7.13. The maximum absolute atomic E-state index is 13.4. The predicted octanol–water partition coefficient (Wildman–Crippen LogP) is 3.91. The Balaban J connectivity index is 1.77. The van der Waals surface area contributed by atoms with Crippen LogP contribution in [0.4, 0.5) is 5.69 Å². The van der Waals surface area contributed by atoms with Gasteiger partial charge in [-0.3, -0.25) is 4.79 Å². The van der Waals surface area contributed by atoms with Crippen LogP contribution < -0.4 is 9.64 Å². The topological polar surface area (TPSA) is 116 Å². The quantitative estimate of drug-likeness (QED) is 0.297.